The monoisotopic (exact) mass is 334 g/mol. The van der Waals surface area contributed by atoms with Crippen molar-refractivity contribution in [3.05, 3.63) is 34.6 Å². The molecule has 3 rings (SSSR count). The molecule has 0 aliphatic carbocycles. The van der Waals surface area contributed by atoms with Crippen LogP contribution in [0.2, 0.25) is 5.28 Å². The second kappa shape index (κ2) is 6.33. The minimum Gasteiger partial charge on any atom is -0.479 e. The summed E-state index contributed by atoms with van der Waals surface area (Å²) in [6, 6.07) is 0. The zero-order valence-corrected chi connectivity index (χ0v) is 13.5. The standard InChI is InChI=1S/C14H15ClN6O2/c1-16-11-8-7-21(6-3-9(8)19-14(15)20-11)13(22)10-12(23-2)18-5-4-17-10/h4-5H,3,6-7H2,1-2H3,(H,16,19,20). The van der Waals surface area contributed by atoms with Gasteiger partial charge < -0.3 is 15.0 Å². The SMILES string of the molecule is CNc1nc(Cl)nc2c1CN(C(=O)c1nccnc1OC)CC2. The molecule has 8 nitrogen and oxygen atoms in total. The van der Waals surface area contributed by atoms with Crippen molar-refractivity contribution in [1.29, 1.82) is 0 Å². The highest BCUT2D eigenvalue weighted by Gasteiger charge is 2.28. The summed E-state index contributed by atoms with van der Waals surface area (Å²) in [7, 11) is 3.21. The van der Waals surface area contributed by atoms with Crippen LogP contribution in [-0.2, 0) is 13.0 Å². The van der Waals surface area contributed by atoms with Crippen LogP contribution in [0.3, 0.4) is 0 Å². The number of fused-ring (bicyclic) bond motifs is 1. The van der Waals surface area contributed by atoms with E-state index in [0.29, 0.717) is 25.3 Å². The fourth-order valence-corrected chi connectivity index (χ4v) is 2.72. The van der Waals surface area contributed by atoms with E-state index in [2.05, 4.69) is 25.3 Å². The Balaban J connectivity index is 1.91. The Morgan fingerprint density at radius 2 is 2.13 bits per heavy atom. The molecule has 0 aromatic carbocycles. The van der Waals surface area contributed by atoms with Crippen molar-refractivity contribution < 1.29 is 9.53 Å². The number of nitrogens with zero attached hydrogens (tertiary/aromatic N) is 5. The lowest BCUT2D eigenvalue weighted by Gasteiger charge is -2.29. The molecule has 0 saturated carbocycles. The molecule has 0 spiro atoms. The third-order valence-corrected chi connectivity index (χ3v) is 3.79. The number of ether oxygens (including phenoxy) is 1. The van der Waals surface area contributed by atoms with Crippen molar-refractivity contribution in [1.82, 2.24) is 24.8 Å². The summed E-state index contributed by atoms with van der Waals surface area (Å²) in [5.74, 6) is 0.603. The maximum Gasteiger partial charge on any atom is 0.278 e. The summed E-state index contributed by atoms with van der Waals surface area (Å²) in [6.07, 6.45) is 3.55. The van der Waals surface area contributed by atoms with Crippen LogP contribution in [-0.4, -0.2) is 51.4 Å². The van der Waals surface area contributed by atoms with Gasteiger partial charge >= 0.3 is 0 Å². The van der Waals surface area contributed by atoms with E-state index in [1.54, 1.807) is 11.9 Å². The van der Waals surface area contributed by atoms with Crippen LogP contribution >= 0.6 is 11.6 Å². The van der Waals surface area contributed by atoms with Crippen LogP contribution < -0.4 is 10.1 Å². The molecule has 2 aromatic rings. The minimum absolute atomic E-state index is 0.194. The molecule has 120 valence electrons. The number of nitrogens with one attached hydrogen (secondary N) is 1. The molecular formula is C14H15ClN6O2. The van der Waals surface area contributed by atoms with Crippen molar-refractivity contribution in [3.63, 3.8) is 0 Å². The fraction of sp³-hybridized carbons (Fsp3) is 0.357. The molecular weight excluding hydrogens is 320 g/mol. The molecule has 0 unspecified atom stereocenters. The summed E-state index contributed by atoms with van der Waals surface area (Å²) < 4.78 is 5.11. The lowest BCUT2D eigenvalue weighted by Crippen LogP contribution is -2.37. The first-order valence-electron chi connectivity index (χ1n) is 7.01. The summed E-state index contributed by atoms with van der Waals surface area (Å²) in [5.41, 5.74) is 1.91. The first kappa shape index (κ1) is 15.4. The van der Waals surface area contributed by atoms with Crippen molar-refractivity contribution in [2.75, 3.05) is 26.0 Å². The summed E-state index contributed by atoms with van der Waals surface area (Å²) >= 11 is 5.92. The van der Waals surface area contributed by atoms with Gasteiger partial charge in [-0.05, 0) is 11.6 Å². The lowest BCUT2D eigenvalue weighted by atomic mass is 10.1. The Kier molecular flexibility index (Phi) is 4.24. The third-order valence-electron chi connectivity index (χ3n) is 3.62. The number of halogens is 1. The van der Waals surface area contributed by atoms with E-state index in [1.165, 1.54) is 19.5 Å². The van der Waals surface area contributed by atoms with Crippen molar-refractivity contribution >= 4 is 23.3 Å². The number of carbonyl (C=O) groups excluding carboxylic acids is 1. The van der Waals surface area contributed by atoms with Crippen molar-refractivity contribution in [2.45, 2.75) is 13.0 Å². The molecule has 23 heavy (non-hydrogen) atoms. The molecule has 2 aromatic heterocycles. The van der Waals surface area contributed by atoms with Gasteiger partial charge in [0.15, 0.2) is 5.69 Å². The maximum atomic E-state index is 12.7. The molecule has 0 bridgehead atoms. The van der Waals surface area contributed by atoms with E-state index in [1.807, 2.05) is 0 Å². The highest BCUT2D eigenvalue weighted by atomic mass is 35.5. The number of hydrogen-bond acceptors (Lipinski definition) is 7. The van der Waals surface area contributed by atoms with Gasteiger partial charge in [0.05, 0.1) is 19.3 Å². The molecule has 3 heterocycles. The minimum atomic E-state index is -0.238. The fourth-order valence-electron chi connectivity index (χ4n) is 2.54. The number of methoxy groups -OCH3 is 1. The van der Waals surface area contributed by atoms with Gasteiger partial charge in [0.1, 0.15) is 5.82 Å². The molecule has 1 N–H and O–H groups in total. The van der Waals surface area contributed by atoms with Gasteiger partial charge in [-0.1, -0.05) is 0 Å². The van der Waals surface area contributed by atoms with Crippen LogP contribution in [0.25, 0.3) is 0 Å². The Bertz CT molecular complexity index is 737. The number of hydrogen-bond donors (Lipinski definition) is 1. The predicted molar refractivity (Wildman–Crippen MR) is 83.6 cm³/mol. The zero-order valence-electron chi connectivity index (χ0n) is 12.7. The van der Waals surface area contributed by atoms with E-state index in [-0.39, 0.29) is 22.8 Å². The molecule has 1 aliphatic rings. The van der Waals surface area contributed by atoms with Crippen LogP contribution in [0, 0.1) is 0 Å². The smallest absolute Gasteiger partial charge is 0.278 e. The lowest BCUT2D eigenvalue weighted by molar-refractivity contribution is 0.0723. The number of rotatable bonds is 3. The number of aromatic nitrogens is 4. The van der Waals surface area contributed by atoms with E-state index < -0.39 is 0 Å². The summed E-state index contributed by atoms with van der Waals surface area (Å²) in [6.45, 7) is 0.892. The molecule has 9 heteroatoms. The Hall–Kier alpha value is -2.48. The van der Waals surface area contributed by atoms with Gasteiger partial charge in [-0.3, -0.25) is 4.79 Å². The highest BCUT2D eigenvalue weighted by molar-refractivity contribution is 6.28. The van der Waals surface area contributed by atoms with E-state index in [9.17, 15) is 4.79 Å². The van der Waals surface area contributed by atoms with Crippen molar-refractivity contribution in [2.24, 2.45) is 0 Å². The average Bonchev–Trinajstić information content (AvgIpc) is 2.59. The topological polar surface area (TPSA) is 93.1 Å². The highest BCUT2D eigenvalue weighted by Crippen LogP contribution is 2.26. The number of amides is 1. The average molecular weight is 335 g/mol. The van der Waals surface area contributed by atoms with Gasteiger partial charge in [-0.25, -0.2) is 19.9 Å². The first-order chi connectivity index (χ1) is 11.1. The van der Waals surface area contributed by atoms with Gasteiger partial charge in [0.2, 0.25) is 11.2 Å². The molecule has 0 saturated heterocycles. The Labute approximate surface area is 137 Å². The quantitative estimate of drug-likeness (QED) is 0.842. The Morgan fingerprint density at radius 3 is 2.87 bits per heavy atom. The molecule has 0 fully saturated rings. The normalized spacial score (nSPS) is 13.4. The largest absolute Gasteiger partial charge is 0.479 e. The third kappa shape index (κ3) is 2.89. The number of anilines is 1. The second-order valence-electron chi connectivity index (χ2n) is 4.91. The summed E-state index contributed by atoms with van der Waals surface area (Å²) in [4.78, 5) is 30.9. The van der Waals surface area contributed by atoms with Crippen LogP contribution in [0.4, 0.5) is 5.82 Å². The molecule has 0 radical (unpaired) electrons. The molecule has 1 amide bonds. The predicted octanol–water partition coefficient (Wildman–Crippen LogP) is 1.17. The van der Waals surface area contributed by atoms with Gasteiger partial charge in [0, 0.05) is 38.0 Å². The zero-order chi connectivity index (χ0) is 16.4. The maximum absolute atomic E-state index is 12.7. The number of carbonyl (C=O) groups is 1. The first-order valence-corrected chi connectivity index (χ1v) is 7.39. The summed E-state index contributed by atoms with van der Waals surface area (Å²) in [5, 5.41) is 3.19. The van der Waals surface area contributed by atoms with Crippen LogP contribution in [0.5, 0.6) is 5.88 Å². The van der Waals surface area contributed by atoms with Gasteiger partial charge in [0.25, 0.3) is 5.91 Å². The van der Waals surface area contributed by atoms with Crippen LogP contribution in [0.1, 0.15) is 21.7 Å². The van der Waals surface area contributed by atoms with Crippen LogP contribution in [0.15, 0.2) is 12.4 Å². The second-order valence-corrected chi connectivity index (χ2v) is 5.25. The van der Waals surface area contributed by atoms with Gasteiger partial charge in [-0.15, -0.1) is 0 Å². The van der Waals surface area contributed by atoms with E-state index >= 15 is 0 Å². The molecule has 1 aliphatic heterocycles. The Morgan fingerprint density at radius 1 is 1.35 bits per heavy atom. The van der Waals surface area contributed by atoms with Gasteiger partial charge in [-0.2, -0.15) is 0 Å². The van der Waals surface area contributed by atoms with Crippen molar-refractivity contribution in [3.8, 4) is 5.88 Å². The molecule has 0 atom stereocenters. The van der Waals surface area contributed by atoms with E-state index in [0.717, 1.165) is 11.3 Å². The van der Waals surface area contributed by atoms with E-state index in [4.69, 9.17) is 16.3 Å².